The summed E-state index contributed by atoms with van der Waals surface area (Å²) in [6.07, 6.45) is 0. The lowest BCUT2D eigenvalue weighted by atomic mass is 10.0. The molecule has 1 aromatic rings. The zero-order valence-corrected chi connectivity index (χ0v) is 12.5. The fourth-order valence-electron chi connectivity index (χ4n) is 2.65. The van der Waals surface area contributed by atoms with E-state index in [-0.39, 0.29) is 28.1 Å². The van der Waals surface area contributed by atoms with E-state index in [4.69, 9.17) is 5.11 Å². The van der Waals surface area contributed by atoms with Gasteiger partial charge in [0, 0.05) is 6.04 Å². The summed E-state index contributed by atoms with van der Waals surface area (Å²) in [7, 11) is 0. The van der Waals surface area contributed by atoms with Crippen molar-refractivity contribution in [2.24, 2.45) is 10.8 Å². The van der Waals surface area contributed by atoms with Gasteiger partial charge >= 0.3 is 12.0 Å². The van der Waals surface area contributed by atoms with Crippen LogP contribution in [0.2, 0.25) is 0 Å². The van der Waals surface area contributed by atoms with Gasteiger partial charge in [0.2, 0.25) is 0 Å². The Balaban J connectivity index is 2.11. The van der Waals surface area contributed by atoms with Gasteiger partial charge in [-0.1, -0.05) is 27.7 Å². The first-order valence-electron chi connectivity index (χ1n) is 6.67. The molecule has 1 aliphatic rings. The smallest absolute Gasteiger partial charge is 0.337 e. The highest BCUT2D eigenvalue weighted by atomic mass is 19.1. The number of carboxylic acid groups (broad SMARTS) is 1. The second-order valence-electron chi connectivity index (χ2n) is 6.47. The van der Waals surface area contributed by atoms with Gasteiger partial charge in [0.1, 0.15) is 5.82 Å². The minimum Gasteiger partial charge on any atom is -0.478 e. The second kappa shape index (κ2) is 4.72. The summed E-state index contributed by atoms with van der Waals surface area (Å²) in [5.74, 6) is -1.83. The summed E-state index contributed by atoms with van der Waals surface area (Å²) < 4.78 is 13.2. The molecular formula is C15H19FN2O3. The van der Waals surface area contributed by atoms with Gasteiger partial charge in [0.25, 0.3) is 0 Å². The van der Waals surface area contributed by atoms with E-state index in [1.165, 1.54) is 0 Å². The summed E-state index contributed by atoms with van der Waals surface area (Å²) in [5, 5.41) is 14.2. The molecule has 2 amide bonds. The van der Waals surface area contributed by atoms with Crippen LogP contribution in [0.3, 0.4) is 0 Å². The molecule has 0 spiro atoms. The molecule has 0 saturated heterocycles. The molecule has 2 rings (SSSR count). The van der Waals surface area contributed by atoms with Gasteiger partial charge in [-0.3, -0.25) is 0 Å². The molecular weight excluding hydrogens is 275 g/mol. The Hall–Kier alpha value is -2.11. The first-order valence-corrected chi connectivity index (χ1v) is 6.67. The van der Waals surface area contributed by atoms with Crippen LogP contribution in [0.25, 0.3) is 0 Å². The Morgan fingerprint density at radius 2 is 1.76 bits per heavy atom. The second-order valence-corrected chi connectivity index (χ2v) is 6.47. The van der Waals surface area contributed by atoms with Crippen molar-refractivity contribution in [3.05, 3.63) is 29.6 Å². The lowest BCUT2D eigenvalue weighted by molar-refractivity contribution is 0.0698. The quantitative estimate of drug-likeness (QED) is 0.801. The van der Waals surface area contributed by atoms with Crippen LogP contribution < -0.4 is 10.6 Å². The van der Waals surface area contributed by atoms with Crippen molar-refractivity contribution in [1.82, 2.24) is 5.32 Å². The Bertz CT molecular complexity index is 597. The Morgan fingerprint density at radius 3 is 2.24 bits per heavy atom. The number of carbonyl (C=O) groups is 2. The average Bonchev–Trinajstić information content (AvgIpc) is 2.71. The molecule has 0 aliphatic heterocycles. The van der Waals surface area contributed by atoms with Crippen LogP contribution in [-0.4, -0.2) is 23.1 Å². The number of aromatic carboxylic acids is 1. The highest BCUT2D eigenvalue weighted by Gasteiger charge is 2.65. The number of nitrogens with one attached hydrogen (secondary N) is 2. The van der Waals surface area contributed by atoms with E-state index in [0.29, 0.717) is 0 Å². The first-order chi connectivity index (χ1) is 9.57. The predicted octanol–water partition coefficient (Wildman–Crippen LogP) is 3.08. The standard InChI is InChI=1S/C15H19FN2O3/c1-14(2)12(15(14,3)4)18-13(21)17-10-7-8(16)5-6-9(10)11(19)20/h5-7,12H,1-4H3,(H,19,20)(H2,17,18,21). The minimum absolute atomic E-state index is 0.0214. The van der Waals surface area contributed by atoms with Crippen molar-refractivity contribution in [3.8, 4) is 0 Å². The third-order valence-corrected chi connectivity index (χ3v) is 4.76. The number of urea groups is 1. The molecule has 1 aliphatic carbocycles. The van der Waals surface area contributed by atoms with E-state index in [1.54, 1.807) is 0 Å². The molecule has 1 saturated carbocycles. The molecule has 3 N–H and O–H groups in total. The Kier molecular flexibility index (Phi) is 3.43. The van der Waals surface area contributed by atoms with Crippen molar-refractivity contribution in [2.75, 3.05) is 5.32 Å². The number of carbonyl (C=O) groups excluding carboxylic acids is 1. The maximum atomic E-state index is 13.2. The predicted molar refractivity (Wildman–Crippen MR) is 76.9 cm³/mol. The third-order valence-electron chi connectivity index (χ3n) is 4.76. The zero-order valence-electron chi connectivity index (χ0n) is 12.5. The van der Waals surface area contributed by atoms with Gasteiger partial charge < -0.3 is 15.7 Å². The number of carboxylic acids is 1. The van der Waals surface area contributed by atoms with E-state index in [2.05, 4.69) is 10.6 Å². The largest absolute Gasteiger partial charge is 0.478 e. The van der Waals surface area contributed by atoms with E-state index in [0.717, 1.165) is 18.2 Å². The third kappa shape index (κ3) is 2.57. The van der Waals surface area contributed by atoms with E-state index in [9.17, 15) is 14.0 Å². The molecule has 1 fully saturated rings. The van der Waals surface area contributed by atoms with Crippen LogP contribution >= 0.6 is 0 Å². The van der Waals surface area contributed by atoms with Gasteiger partial charge in [-0.25, -0.2) is 14.0 Å². The molecule has 1 aromatic carbocycles. The molecule has 0 aromatic heterocycles. The van der Waals surface area contributed by atoms with Crippen molar-refractivity contribution in [3.63, 3.8) is 0 Å². The fraction of sp³-hybridized carbons (Fsp3) is 0.467. The molecule has 0 unspecified atom stereocenters. The van der Waals surface area contributed by atoms with Crippen LogP contribution in [0, 0.1) is 16.6 Å². The number of anilines is 1. The number of rotatable bonds is 3. The Morgan fingerprint density at radius 1 is 1.19 bits per heavy atom. The number of hydrogen-bond donors (Lipinski definition) is 3. The summed E-state index contributed by atoms with van der Waals surface area (Å²) in [6.45, 7) is 8.18. The minimum atomic E-state index is -1.22. The topological polar surface area (TPSA) is 78.4 Å². The van der Waals surface area contributed by atoms with Gasteiger partial charge in [-0.05, 0) is 29.0 Å². The summed E-state index contributed by atoms with van der Waals surface area (Å²) in [5.41, 5.74) is -0.291. The van der Waals surface area contributed by atoms with Gasteiger partial charge in [0.15, 0.2) is 0 Å². The van der Waals surface area contributed by atoms with Crippen LogP contribution in [0.1, 0.15) is 38.1 Å². The number of halogens is 1. The van der Waals surface area contributed by atoms with E-state index >= 15 is 0 Å². The summed E-state index contributed by atoms with van der Waals surface area (Å²) in [6, 6.07) is 2.60. The maximum absolute atomic E-state index is 13.2. The van der Waals surface area contributed by atoms with Gasteiger partial charge in [-0.2, -0.15) is 0 Å². The monoisotopic (exact) mass is 294 g/mol. The molecule has 6 heteroatoms. The molecule has 5 nitrogen and oxygen atoms in total. The van der Waals surface area contributed by atoms with Crippen molar-refractivity contribution in [1.29, 1.82) is 0 Å². The molecule has 0 radical (unpaired) electrons. The fourth-order valence-corrected chi connectivity index (χ4v) is 2.65. The number of hydrogen-bond acceptors (Lipinski definition) is 2. The normalized spacial score (nSPS) is 18.9. The van der Waals surface area contributed by atoms with Crippen LogP contribution in [-0.2, 0) is 0 Å². The van der Waals surface area contributed by atoms with Crippen molar-refractivity contribution < 1.29 is 19.1 Å². The van der Waals surface area contributed by atoms with Crippen molar-refractivity contribution in [2.45, 2.75) is 33.7 Å². The lowest BCUT2D eigenvalue weighted by Gasteiger charge is -2.11. The highest BCUT2D eigenvalue weighted by molar-refractivity contribution is 6.00. The highest BCUT2D eigenvalue weighted by Crippen LogP contribution is 2.62. The molecule has 114 valence electrons. The molecule has 0 heterocycles. The van der Waals surface area contributed by atoms with Gasteiger partial charge in [0.05, 0.1) is 11.3 Å². The molecule has 0 bridgehead atoms. The maximum Gasteiger partial charge on any atom is 0.337 e. The van der Waals surface area contributed by atoms with Crippen LogP contribution in [0.5, 0.6) is 0 Å². The van der Waals surface area contributed by atoms with Gasteiger partial charge in [-0.15, -0.1) is 0 Å². The number of amides is 2. The first kappa shape index (κ1) is 15.3. The van der Waals surface area contributed by atoms with Crippen molar-refractivity contribution >= 4 is 17.7 Å². The zero-order chi connectivity index (χ0) is 16.0. The Labute approximate surface area is 122 Å². The average molecular weight is 294 g/mol. The summed E-state index contributed by atoms with van der Waals surface area (Å²) >= 11 is 0. The lowest BCUT2D eigenvalue weighted by Crippen LogP contribution is -2.34. The SMILES string of the molecule is CC1(C)C(NC(=O)Nc2cc(F)ccc2C(=O)O)C1(C)C. The van der Waals surface area contributed by atoms with E-state index < -0.39 is 17.8 Å². The van der Waals surface area contributed by atoms with E-state index in [1.807, 2.05) is 27.7 Å². The summed E-state index contributed by atoms with van der Waals surface area (Å²) in [4.78, 5) is 23.0. The molecule has 21 heavy (non-hydrogen) atoms. The number of benzene rings is 1. The van der Waals surface area contributed by atoms with Crippen LogP contribution in [0.15, 0.2) is 18.2 Å². The molecule has 0 atom stereocenters. The van der Waals surface area contributed by atoms with Crippen LogP contribution in [0.4, 0.5) is 14.9 Å².